The van der Waals surface area contributed by atoms with Crippen molar-refractivity contribution < 1.29 is 0 Å². The average molecular weight is 282 g/mol. The predicted molar refractivity (Wildman–Crippen MR) is 85.8 cm³/mol. The first kappa shape index (κ1) is 16.6. The van der Waals surface area contributed by atoms with E-state index in [-0.39, 0.29) is 0 Å². The summed E-state index contributed by atoms with van der Waals surface area (Å²) >= 11 is 1.81. The number of hydrogen-bond donors (Lipinski definition) is 1. The Bertz CT molecular complexity index is 344. The topological polar surface area (TPSA) is 24.9 Å². The van der Waals surface area contributed by atoms with Crippen LogP contribution >= 0.6 is 11.3 Å². The van der Waals surface area contributed by atoms with Gasteiger partial charge in [0.1, 0.15) is 0 Å². The van der Waals surface area contributed by atoms with E-state index in [4.69, 9.17) is 0 Å². The standard InChI is InChI=1S/C16H30N2S/c1-12(2)8-15(10-17-9-13(3)4)6-7-16-14(5)18-11-19-16/h11-13,15,17H,6-10H2,1-5H3. The van der Waals surface area contributed by atoms with Gasteiger partial charge in [0, 0.05) is 4.88 Å². The smallest absolute Gasteiger partial charge is 0.0797 e. The molecule has 0 bridgehead atoms. The summed E-state index contributed by atoms with van der Waals surface area (Å²) < 4.78 is 0. The van der Waals surface area contributed by atoms with E-state index in [1.807, 2.05) is 16.8 Å². The molecule has 1 heterocycles. The third-order valence-electron chi connectivity index (χ3n) is 3.41. The van der Waals surface area contributed by atoms with Gasteiger partial charge in [0.2, 0.25) is 0 Å². The van der Waals surface area contributed by atoms with E-state index in [2.05, 4.69) is 44.9 Å². The van der Waals surface area contributed by atoms with Crippen molar-refractivity contribution in [1.82, 2.24) is 10.3 Å². The SMILES string of the molecule is Cc1ncsc1CCC(CNCC(C)C)CC(C)C. The molecule has 0 aliphatic heterocycles. The van der Waals surface area contributed by atoms with Crippen LogP contribution in [0.1, 0.15) is 51.1 Å². The normalized spacial score (nSPS) is 13.4. The van der Waals surface area contributed by atoms with Gasteiger partial charge in [0.05, 0.1) is 11.2 Å². The van der Waals surface area contributed by atoms with Crippen LogP contribution in [0.25, 0.3) is 0 Å². The molecule has 1 unspecified atom stereocenters. The van der Waals surface area contributed by atoms with Gasteiger partial charge in [-0.15, -0.1) is 11.3 Å². The van der Waals surface area contributed by atoms with Crippen molar-refractivity contribution in [1.29, 1.82) is 0 Å². The molecule has 0 aliphatic carbocycles. The van der Waals surface area contributed by atoms with Crippen LogP contribution in [0.5, 0.6) is 0 Å². The Morgan fingerprint density at radius 2 is 1.89 bits per heavy atom. The van der Waals surface area contributed by atoms with Gasteiger partial charge in [0.25, 0.3) is 0 Å². The van der Waals surface area contributed by atoms with Crippen molar-refractivity contribution in [3.05, 3.63) is 16.1 Å². The van der Waals surface area contributed by atoms with Crippen molar-refractivity contribution in [2.75, 3.05) is 13.1 Å². The third kappa shape index (κ3) is 7.07. The molecule has 1 aromatic rings. The number of rotatable bonds is 9. The molecule has 0 aliphatic rings. The van der Waals surface area contributed by atoms with Gasteiger partial charge in [-0.2, -0.15) is 0 Å². The molecule has 3 heteroatoms. The summed E-state index contributed by atoms with van der Waals surface area (Å²) in [5.41, 5.74) is 3.20. The fourth-order valence-corrected chi connectivity index (χ4v) is 3.24. The number of thiazole rings is 1. The van der Waals surface area contributed by atoms with Crippen molar-refractivity contribution in [3.8, 4) is 0 Å². The lowest BCUT2D eigenvalue weighted by molar-refractivity contribution is 0.359. The lowest BCUT2D eigenvalue weighted by atomic mass is 9.92. The molecule has 0 saturated heterocycles. The Labute approximate surface area is 123 Å². The summed E-state index contributed by atoms with van der Waals surface area (Å²) in [5, 5.41) is 3.62. The van der Waals surface area contributed by atoms with E-state index in [0.29, 0.717) is 0 Å². The molecule has 1 aromatic heterocycles. The van der Waals surface area contributed by atoms with Crippen LogP contribution in [0.15, 0.2) is 5.51 Å². The highest BCUT2D eigenvalue weighted by Gasteiger charge is 2.12. The summed E-state index contributed by atoms with van der Waals surface area (Å²) in [6.45, 7) is 13.6. The first-order valence-electron chi connectivity index (χ1n) is 7.58. The van der Waals surface area contributed by atoms with Gasteiger partial charge in [-0.1, -0.05) is 27.7 Å². The molecule has 0 saturated carbocycles. The molecule has 19 heavy (non-hydrogen) atoms. The fraction of sp³-hybridized carbons (Fsp3) is 0.812. The van der Waals surface area contributed by atoms with Crippen LogP contribution in [0.3, 0.4) is 0 Å². The molecule has 0 radical (unpaired) electrons. The van der Waals surface area contributed by atoms with E-state index in [9.17, 15) is 0 Å². The van der Waals surface area contributed by atoms with Crippen molar-refractivity contribution in [3.63, 3.8) is 0 Å². The number of hydrogen-bond acceptors (Lipinski definition) is 3. The lowest BCUT2D eigenvalue weighted by Crippen LogP contribution is -2.27. The minimum absolute atomic E-state index is 0.739. The molecule has 0 fully saturated rings. The van der Waals surface area contributed by atoms with Crippen molar-refractivity contribution in [2.45, 2.75) is 53.9 Å². The van der Waals surface area contributed by atoms with Crippen LogP contribution in [-0.2, 0) is 6.42 Å². The van der Waals surface area contributed by atoms with Crippen molar-refractivity contribution in [2.24, 2.45) is 17.8 Å². The maximum absolute atomic E-state index is 4.34. The van der Waals surface area contributed by atoms with Crippen LogP contribution in [0.2, 0.25) is 0 Å². The Morgan fingerprint density at radius 1 is 1.16 bits per heavy atom. The van der Waals surface area contributed by atoms with Crippen LogP contribution in [0, 0.1) is 24.7 Å². The quantitative estimate of drug-likeness (QED) is 0.731. The molecule has 1 rings (SSSR count). The molecule has 0 aromatic carbocycles. The summed E-state index contributed by atoms with van der Waals surface area (Å²) in [6, 6.07) is 0. The minimum Gasteiger partial charge on any atom is -0.316 e. The van der Waals surface area contributed by atoms with Gasteiger partial charge in [-0.25, -0.2) is 4.98 Å². The second-order valence-electron chi connectivity index (χ2n) is 6.45. The fourth-order valence-electron chi connectivity index (χ4n) is 2.45. The second-order valence-corrected chi connectivity index (χ2v) is 7.39. The van der Waals surface area contributed by atoms with Crippen LogP contribution < -0.4 is 5.32 Å². The third-order valence-corrected chi connectivity index (χ3v) is 4.41. The monoisotopic (exact) mass is 282 g/mol. The summed E-state index contributed by atoms with van der Waals surface area (Å²) in [4.78, 5) is 5.81. The molecular formula is C16H30N2S. The zero-order valence-corrected chi connectivity index (χ0v) is 14.0. The minimum atomic E-state index is 0.739. The average Bonchev–Trinajstić information content (AvgIpc) is 2.70. The highest BCUT2D eigenvalue weighted by Crippen LogP contribution is 2.21. The number of aryl methyl sites for hydroxylation is 2. The molecule has 110 valence electrons. The molecule has 0 amide bonds. The number of nitrogens with zero attached hydrogens (tertiary/aromatic N) is 1. The Morgan fingerprint density at radius 3 is 2.42 bits per heavy atom. The van der Waals surface area contributed by atoms with E-state index < -0.39 is 0 Å². The Hall–Kier alpha value is -0.410. The molecule has 1 atom stereocenters. The highest BCUT2D eigenvalue weighted by molar-refractivity contribution is 7.09. The molecule has 2 nitrogen and oxygen atoms in total. The molecule has 1 N–H and O–H groups in total. The maximum Gasteiger partial charge on any atom is 0.0797 e. The van der Waals surface area contributed by atoms with E-state index in [1.54, 1.807) is 0 Å². The zero-order valence-electron chi connectivity index (χ0n) is 13.2. The first-order valence-corrected chi connectivity index (χ1v) is 8.46. The predicted octanol–water partition coefficient (Wildman–Crippen LogP) is 4.29. The van der Waals surface area contributed by atoms with E-state index >= 15 is 0 Å². The summed E-state index contributed by atoms with van der Waals surface area (Å²) in [7, 11) is 0. The van der Waals surface area contributed by atoms with Gasteiger partial charge < -0.3 is 5.32 Å². The number of nitrogens with one attached hydrogen (secondary N) is 1. The van der Waals surface area contributed by atoms with Gasteiger partial charge in [-0.05, 0) is 57.0 Å². The van der Waals surface area contributed by atoms with E-state index in [1.165, 1.54) is 29.8 Å². The highest BCUT2D eigenvalue weighted by atomic mass is 32.1. The van der Waals surface area contributed by atoms with Crippen molar-refractivity contribution >= 4 is 11.3 Å². The van der Waals surface area contributed by atoms with Gasteiger partial charge in [0.15, 0.2) is 0 Å². The zero-order chi connectivity index (χ0) is 14.3. The largest absolute Gasteiger partial charge is 0.316 e. The first-order chi connectivity index (χ1) is 8.99. The van der Waals surface area contributed by atoms with Crippen LogP contribution in [-0.4, -0.2) is 18.1 Å². The van der Waals surface area contributed by atoms with Gasteiger partial charge >= 0.3 is 0 Å². The molecular weight excluding hydrogens is 252 g/mol. The van der Waals surface area contributed by atoms with Crippen LogP contribution in [0.4, 0.5) is 0 Å². The number of aromatic nitrogens is 1. The van der Waals surface area contributed by atoms with E-state index in [0.717, 1.165) is 30.8 Å². The Balaban J connectivity index is 2.38. The lowest BCUT2D eigenvalue weighted by Gasteiger charge is -2.20. The second kappa shape index (κ2) is 8.70. The molecule has 0 spiro atoms. The maximum atomic E-state index is 4.34. The summed E-state index contributed by atoms with van der Waals surface area (Å²) in [5.74, 6) is 2.32. The van der Waals surface area contributed by atoms with Gasteiger partial charge in [-0.3, -0.25) is 0 Å². The summed E-state index contributed by atoms with van der Waals surface area (Å²) in [6.07, 6.45) is 3.80. The Kier molecular flexibility index (Phi) is 7.62.